The zero-order chi connectivity index (χ0) is 19.4. The molecular formula is C19H20ClN3O4. The summed E-state index contributed by atoms with van der Waals surface area (Å²) in [5, 5.41) is 6.95. The van der Waals surface area contributed by atoms with Gasteiger partial charge in [-0.15, -0.1) is 0 Å². The van der Waals surface area contributed by atoms with Crippen molar-refractivity contribution in [2.45, 2.75) is 38.6 Å². The lowest BCUT2D eigenvalue weighted by Gasteiger charge is -2.23. The zero-order valence-corrected chi connectivity index (χ0v) is 15.7. The molecule has 1 aliphatic rings. The molecule has 0 aliphatic carbocycles. The highest BCUT2D eigenvalue weighted by atomic mass is 35.5. The summed E-state index contributed by atoms with van der Waals surface area (Å²) in [6.07, 6.45) is 1.48. The predicted octanol–water partition coefficient (Wildman–Crippen LogP) is 3.23. The van der Waals surface area contributed by atoms with Crippen molar-refractivity contribution in [2.75, 3.05) is 11.9 Å². The fraction of sp³-hybridized carbons (Fsp3) is 0.368. The Hall–Kier alpha value is -2.67. The highest BCUT2D eigenvalue weighted by molar-refractivity contribution is 6.30. The molecule has 142 valence electrons. The maximum atomic E-state index is 12.5. The summed E-state index contributed by atoms with van der Waals surface area (Å²) >= 11 is 5.81. The van der Waals surface area contributed by atoms with Gasteiger partial charge in [-0.3, -0.25) is 14.4 Å². The summed E-state index contributed by atoms with van der Waals surface area (Å²) in [6.45, 7) is 2.23. The van der Waals surface area contributed by atoms with Crippen molar-refractivity contribution in [1.29, 1.82) is 0 Å². The number of ketones is 1. The third-order valence-electron chi connectivity index (χ3n) is 4.49. The van der Waals surface area contributed by atoms with Crippen LogP contribution in [0.4, 0.5) is 5.82 Å². The SMILES string of the molecule is Cc1cc(NC(=O)[C@@H]2CCCN2C(=O)CCC(=O)c2ccc(Cl)cc2)no1. The molecular weight excluding hydrogens is 370 g/mol. The van der Waals surface area contributed by atoms with Gasteiger partial charge in [0.1, 0.15) is 11.8 Å². The molecule has 1 aliphatic heterocycles. The van der Waals surface area contributed by atoms with Crippen molar-refractivity contribution in [3.8, 4) is 0 Å². The Balaban J connectivity index is 1.55. The van der Waals surface area contributed by atoms with Crippen LogP contribution < -0.4 is 5.32 Å². The van der Waals surface area contributed by atoms with Crippen molar-refractivity contribution < 1.29 is 18.9 Å². The summed E-state index contributed by atoms with van der Waals surface area (Å²) in [4.78, 5) is 38.8. The minimum Gasteiger partial charge on any atom is -0.360 e. The van der Waals surface area contributed by atoms with Crippen LogP contribution in [-0.4, -0.2) is 40.2 Å². The largest absolute Gasteiger partial charge is 0.360 e. The van der Waals surface area contributed by atoms with Gasteiger partial charge in [0.15, 0.2) is 11.6 Å². The Bertz CT molecular complexity index is 847. The number of hydrogen-bond donors (Lipinski definition) is 1. The van der Waals surface area contributed by atoms with Crippen molar-refractivity contribution in [3.05, 3.63) is 46.7 Å². The molecule has 3 rings (SSSR count). The highest BCUT2D eigenvalue weighted by Crippen LogP contribution is 2.21. The average Bonchev–Trinajstić information content (AvgIpc) is 3.29. The van der Waals surface area contributed by atoms with Crippen LogP contribution in [0.15, 0.2) is 34.9 Å². The van der Waals surface area contributed by atoms with E-state index in [-0.39, 0.29) is 30.4 Å². The molecule has 2 heterocycles. The van der Waals surface area contributed by atoms with Gasteiger partial charge in [-0.05, 0) is 44.0 Å². The molecule has 1 atom stereocenters. The number of benzene rings is 1. The molecule has 1 saturated heterocycles. The molecule has 1 aromatic heterocycles. The maximum absolute atomic E-state index is 12.5. The Morgan fingerprint density at radius 3 is 2.67 bits per heavy atom. The lowest BCUT2D eigenvalue weighted by Crippen LogP contribution is -2.43. The van der Waals surface area contributed by atoms with E-state index < -0.39 is 6.04 Å². The summed E-state index contributed by atoms with van der Waals surface area (Å²) in [7, 11) is 0. The number of Topliss-reactive ketones (excluding diaryl/α,β-unsaturated/α-hetero) is 1. The summed E-state index contributed by atoms with van der Waals surface area (Å²) < 4.78 is 4.93. The third-order valence-corrected chi connectivity index (χ3v) is 4.74. The number of nitrogens with zero attached hydrogens (tertiary/aromatic N) is 2. The lowest BCUT2D eigenvalue weighted by atomic mass is 10.1. The van der Waals surface area contributed by atoms with E-state index in [1.54, 1.807) is 37.3 Å². The van der Waals surface area contributed by atoms with E-state index in [0.717, 1.165) is 6.42 Å². The molecule has 0 saturated carbocycles. The zero-order valence-electron chi connectivity index (χ0n) is 14.9. The van der Waals surface area contributed by atoms with E-state index >= 15 is 0 Å². The van der Waals surface area contributed by atoms with Crippen LogP contribution >= 0.6 is 11.6 Å². The summed E-state index contributed by atoms with van der Waals surface area (Å²) in [5.74, 6) is 0.294. The number of likely N-dealkylation sites (tertiary alicyclic amines) is 1. The normalized spacial score (nSPS) is 16.4. The van der Waals surface area contributed by atoms with E-state index in [4.69, 9.17) is 16.1 Å². The van der Waals surface area contributed by atoms with E-state index in [1.807, 2.05) is 0 Å². The van der Waals surface area contributed by atoms with Crippen molar-refractivity contribution >= 4 is 35.0 Å². The maximum Gasteiger partial charge on any atom is 0.248 e. The number of hydrogen-bond acceptors (Lipinski definition) is 5. The van der Waals surface area contributed by atoms with Gasteiger partial charge in [0, 0.05) is 36.0 Å². The second-order valence-electron chi connectivity index (χ2n) is 6.49. The van der Waals surface area contributed by atoms with Gasteiger partial charge < -0.3 is 14.7 Å². The van der Waals surface area contributed by atoms with Crippen LogP contribution in [0, 0.1) is 6.92 Å². The van der Waals surface area contributed by atoms with Crippen LogP contribution in [0.1, 0.15) is 41.8 Å². The van der Waals surface area contributed by atoms with Gasteiger partial charge in [0.05, 0.1) is 0 Å². The first-order chi connectivity index (χ1) is 12.9. The minimum absolute atomic E-state index is 0.0638. The summed E-state index contributed by atoms with van der Waals surface area (Å²) in [6, 6.07) is 7.62. The first kappa shape index (κ1) is 19.1. The second kappa shape index (κ2) is 8.35. The Morgan fingerprint density at radius 2 is 2.00 bits per heavy atom. The Labute approximate surface area is 161 Å². The molecule has 7 nitrogen and oxygen atoms in total. The van der Waals surface area contributed by atoms with Gasteiger partial charge >= 0.3 is 0 Å². The number of amides is 2. The predicted molar refractivity (Wildman–Crippen MR) is 99.6 cm³/mol. The molecule has 0 radical (unpaired) electrons. The average molecular weight is 390 g/mol. The first-order valence-corrected chi connectivity index (χ1v) is 9.14. The second-order valence-corrected chi connectivity index (χ2v) is 6.92. The number of anilines is 1. The van der Waals surface area contributed by atoms with Gasteiger partial charge in [0.2, 0.25) is 11.8 Å². The molecule has 0 unspecified atom stereocenters. The number of nitrogens with one attached hydrogen (secondary N) is 1. The number of rotatable bonds is 6. The van der Waals surface area contributed by atoms with Crippen LogP contribution in [-0.2, 0) is 9.59 Å². The van der Waals surface area contributed by atoms with Crippen LogP contribution in [0.5, 0.6) is 0 Å². The standard InChI is InChI=1S/C19H20ClN3O4/c1-12-11-17(22-27-12)21-19(26)15-3-2-10-23(15)18(25)9-8-16(24)13-4-6-14(20)7-5-13/h4-7,11,15H,2-3,8-10H2,1H3,(H,21,22,26)/t15-/m0/s1. The number of carbonyl (C=O) groups excluding carboxylic acids is 3. The monoisotopic (exact) mass is 389 g/mol. The molecule has 2 aromatic rings. The lowest BCUT2D eigenvalue weighted by molar-refractivity contribution is -0.136. The number of halogens is 1. The van der Waals surface area contributed by atoms with Crippen LogP contribution in [0.25, 0.3) is 0 Å². The number of aromatic nitrogens is 1. The molecule has 8 heteroatoms. The fourth-order valence-corrected chi connectivity index (χ4v) is 3.24. The number of aryl methyl sites for hydroxylation is 1. The minimum atomic E-state index is -0.555. The quantitative estimate of drug-likeness (QED) is 0.765. The topological polar surface area (TPSA) is 92.5 Å². The van der Waals surface area contributed by atoms with E-state index in [2.05, 4.69) is 10.5 Å². The number of carbonyl (C=O) groups is 3. The van der Waals surface area contributed by atoms with E-state index in [9.17, 15) is 14.4 Å². The fourth-order valence-electron chi connectivity index (χ4n) is 3.12. The van der Waals surface area contributed by atoms with Gasteiger partial charge in [-0.1, -0.05) is 16.8 Å². The van der Waals surface area contributed by atoms with Crippen LogP contribution in [0.3, 0.4) is 0 Å². The molecule has 1 N–H and O–H groups in total. The summed E-state index contributed by atoms with van der Waals surface area (Å²) in [5.41, 5.74) is 0.518. The van der Waals surface area contributed by atoms with Crippen molar-refractivity contribution in [1.82, 2.24) is 10.1 Å². The molecule has 0 bridgehead atoms. The van der Waals surface area contributed by atoms with Crippen molar-refractivity contribution in [3.63, 3.8) is 0 Å². The van der Waals surface area contributed by atoms with Crippen LogP contribution in [0.2, 0.25) is 5.02 Å². The van der Waals surface area contributed by atoms with E-state index in [0.29, 0.717) is 35.1 Å². The Kier molecular flexibility index (Phi) is 5.91. The molecule has 27 heavy (non-hydrogen) atoms. The van der Waals surface area contributed by atoms with Gasteiger partial charge in [0.25, 0.3) is 0 Å². The van der Waals surface area contributed by atoms with E-state index in [1.165, 1.54) is 4.90 Å². The molecule has 1 aromatic carbocycles. The van der Waals surface area contributed by atoms with Gasteiger partial charge in [-0.25, -0.2) is 0 Å². The molecule has 0 spiro atoms. The third kappa shape index (κ3) is 4.74. The first-order valence-electron chi connectivity index (χ1n) is 8.76. The smallest absolute Gasteiger partial charge is 0.248 e. The van der Waals surface area contributed by atoms with Gasteiger partial charge in [-0.2, -0.15) is 0 Å². The Morgan fingerprint density at radius 1 is 1.26 bits per heavy atom. The van der Waals surface area contributed by atoms with Crippen molar-refractivity contribution in [2.24, 2.45) is 0 Å². The molecule has 1 fully saturated rings. The molecule has 2 amide bonds. The highest BCUT2D eigenvalue weighted by Gasteiger charge is 2.34.